The lowest BCUT2D eigenvalue weighted by molar-refractivity contribution is 0.601. The molecule has 66 valence electrons. The van der Waals surface area contributed by atoms with Crippen molar-refractivity contribution < 1.29 is 0 Å². The topological polar surface area (TPSA) is 24.1 Å². The molecule has 0 saturated carbocycles. The van der Waals surface area contributed by atoms with Gasteiger partial charge in [-0.05, 0) is 51.9 Å². The van der Waals surface area contributed by atoms with Gasteiger partial charge in [0.2, 0.25) is 0 Å². The molecule has 0 atom stereocenters. The predicted molar refractivity (Wildman–Crippen MR) is 48.8 cm³/mol. The molecule has 0 spiro atoms. The highest BCUT2D eigenvalue weighted by Gasteiger charge is 1.93. The quantitative estimate of drug-likeness (QED) is 0.549. The fraction of sp³-hybridized carbons (Fsp3) is 1.00. The van der Waals surface area contributed by atoms with Crippen LogP contribution in [0, 0.1) is 0 Å². The molecule has 1 rings (SSSR count). The molecule has 1 fully saturated rings. The van der Waals surface area contributed by atoms with Gasteiger partial charge in [-0.25, -0.2) is 0 Å². The fourth-order valence-corrected chi connectivity index (χ4v) is 1.43. The molecule has 1 aliphatic rings. The summed E-state index contributed by atoms with van der Waals surface area (Å²) in [6, 6.07) is 0. The Labute approximate surface area is 69.8 Å². The van der Waals surface area contributed by atoms with Gasteiger partial charge in [0.05, 0.1) is 0 Å². The van der Waals surface area contributed by atoms with Crippen molar-refractivity contribution in [3.8, 4) is 0 Å². The van der Waals surface area contributed by atoms with Crippen molar-refractivity contribution in [2.24, 2.45) is 0 Å². The first-order chi connectivity index (χ1) is 5.50. The van der Waals surface area contributed by atoms with E-state index in [2.05, 4.69) is 10.6 Å². The molecule has 0 aliphatic carbocycles. The average Bonchev–Trinajstić information content (AvgIpc) is 2.08. The van der Waals surface area contributed by atoms with Crippen molar-refractivity contribution >= 4 is 0 Å². The normalized spacial score (nSPS) is 24.0. The van der Waals surface area contributed by atoms with E-state index >= 15 is 0 Å². The molecule has 11 heavy (non-hydrogen) atoms. The third-order valence-corrected chi connectivity index (χ3v) is 2.16. The second kappa shape index (κ2) is 6.62. The van der Waals surface area contributed by atoms with Gasteiger partial charge >= 0.3 is 0 Å². The highest BCUT2D eigenvalue weighted by atomic mass is 14.9. The first-order valence-corrected chi connectivity index (χ1v) is 4.91. The largest absolute Gasteiger partial charge is 0.317 e. The van der Waals surface area contributed by atoms with Gasteiger partial charge in [-0.3, -0.25) is 0 Å². The van der Waals surface area contributed by atoms with E-state index in [-0.39, 0.29) is 0 Å². The lowest BCUT2D eigenvalue weighted by atomic mass is 10.2. The van der Waals surface area contributed by atoms with E-state index < -0.39 is 0 Å². The fourth-order valence-electron chi connectivity index (χ4n) is 1.43. The van der Waals surface area contributed by atoms with Crippen molar-refractivity contribution in [2.75, 3.05) is 26.2 Å². The summed E-state index contributed by atoms with van der Waals surface area (Å²) in [5.41, 5.74) is 0. The van der Waals surface area contributed by atoms with Gasteiger partial charge in [0, 0.05) is 0 Å². The lowest BCUT2D eigenvalue weighted by Gasteiger charge is -2.01. The Morgan fingerprint density at radius 2 is 0.818 bits per heavy atom. The second-order valence-corrected chi connectivity index (χ2v) is 3.27. The molecule has 0 unspecified atom stereocenters. The van der Waals surface area contributed by atoms with E-state index in [1.165, 1.54) is 58.3 Å². The third kappa shape index (κ3) is 5.22. The Morgan fingerprint density at radius 3 is 1.27 bits per heavy atom. The summed E-state index contributed by atoms with van der Waals surface area (Å²) in [7, 11) is 0. The molecule has 0 aromatic carbocycles. The number of rotatable bonds is 0. The summed E-state index contributed by atoms with van der Waals surface area (Å²) in [4.78, 5) is 0. The minimum atomic E-state index is 1.21. The summed E-state index contributed by atoms with van der Waals surface area (Å²) in [6.45, 7) is 4.86. The van der Waals surface area contributed by atoms with Crippen LogP contribution in [0.4, 0.5) is 0 Å². The first kappa shape index (κ1) is 9.01. The van der Waals surface area contributed by atoms with E-state index in [4.69, 9.17) is 0 Å². The van der Waals surface area contributed by atoms with Crippen LogP contribution >= 0.6 is 0 Å². The van der Waals surface area contributed by atoms with Gasteiger partial charge in [-0.1, -0.05) is 6.42 Å². The van der Waals surface area contributed by atoms with Crippen LogP contribution in [-0.2, 0) is 0 Å². The summed E-state index contributed by atoms with van der Waals surface area (Å²) in [5.74, 6) is 0. The van der Waals surface area contributed by atoms with Crippen LogP contribution in [0.2, 0.25) is 0 Å². The molecular formula is C9H20N2. The van der Waals surface area contributed by atoms with Gasteiger partial charge in [-0.2, -0.15) is 0 Å². The van der Waals surface area contributed by atoms with Crippen LogP contribution in [0.5, 0.6) is 0 Å². The summed E-state index contributed by atoms with van der Waals surface area (Å²) in [6.07, 6.45) is 6.73. The molecule has 2 N–H and O–H groups in total. The van der Waals surface area contributed by atoms with Gasteiger partial charge in [-0.15, -0.1) is 0 Å². The molecule has 2 heteroatoms. The average molecular weight is 156 g/mol. The molecule has 1 heterocycles. The molecule has 0 bridgehead atoms. The van der Waals surface area contributed by atoms with Crippen LogP contribution in [-0.4, -0.2) is 26.2 Å². The Balaban J connectivity index is 2.02. The van der Waals surface area contributed by atoms with Crippen LogP contribution in [0.15, 0.2) is 0 Å². The molecule has 1 saturated heterocycles. The highest BCUT2D eigenvalue weighted by Crippen LogP contribution is 1.94. The molecule has 2 nitrogen and oxygen atoms in total. The lowest BCUT2D eigenvalue weighted by Crippen LogP contribution is -2.18. The zero-order chi connectivity index (χ0) is 7.78. The Hall–Kier alpha value is -0.0800. The Bertz CT molecular complexity index is 45.6. The van der Waals surface area contributed by atoms with E-state index in [0.717, 1.165) is 0 Å². The minimum Gasteiger partial charge on any atom is -0.317 e. The second-order valence-electron chi connectivity index (χ2n) is 3.27. The zero-order valence-corrected chi connectivity index (χ0v) is 7.36. The van der Waals surface area contributed by atoms with Crippen molar-refractivity contribution in [2.45, 2.75) is 32.1 Å². The molecule has 1 aliphatic heterocycles. The Kier molecular flexibility index (Phi) is 5.42. The number of hydrogen-bond donors (Lipinski definition) is 2. The Morgan fingerprint density at radius 1 is 0.455 bits per heavy atom. The summed E-state index contributed by atoms with van der Waals surface area (Å²) < 4.78 is 0. The zero-order valence-electron chi connectivity index (χ0n) is 7.36. The maximum atomic E-state index is 3.46. The van der Waals surface area contributed by atoms with Crippen molar-refractivity contribution in [3.63, 3.8) is 0 Å². The molecule has 0 amide bonds. The van der Waals surface area contributed by atoms with E-state index in [9.17, 15) is 0 Å². The van der Waals surface area contributed by atoms with Crippen molar-refractivity contribution in [1.29, 1.82) is 0 Å². The minimum absolute atomic E-state index is 1.21. The molecular weight excluding hydrogens is 136 g/mol. The van der Waals surface area contributed by atoms with Crippen LogP contribution in [0.25, 0.3) is 0 Å². The maximum Gasteiger partial charge on any atom is -0.00484 e. The summed E-state index contributed by atoms with van der Waals surface area (Å²) >= 11 is 0. The van der Waals surface area contributed by atoms with Crippen molar-refractivity contribution in [1.82, 2.24) is 10.6 Å². The standard InChI is InChI=1S/C9H20N2/c1-2-6-10-8-4-5-9-11-7-3-1/h10-11H,1-9H2. The van der Waals surface area contributed by atoms with E-state index in [0.29, 0.717) is 0 Å². The maximum absolute atomic E-state index is 3.46. The molecule has 0 aromatic heterocycles. The summed E-state index contributed by atoms with van der Waals surface area (Å²) in [5, 5.41) is 6.91. The molecule has 0 radical (unpaired) electrons. The highest BCUT2D eigenvalue weighted by molar-refractivity contribution is 4.55. The van der Waals surface area contributed by atoms with Crippen LogP contribution < -0.4 is 10.6 Å². The van der Waals surface area contributed by atoms with Gasteiger partial charge < -0.3 is 10.6 Å². The van der Waals surface area contributed by atoms with Crippen LogP contribution in [0.1, 0.15) is 32.1 Å². The van der Waals surface area contributed by atoms with Gasteiger partial charge in [0.25, 0.3) is 0 Å². The SMILES string of the molecule is C1CCNCCCCNCC1. The third-order valence-electron chi connectivity index (χ3n) is 2.16. The number of hydrogen-bond acceptors (Lipinski definition) is 2. The smallest absolute Gasteiger partial charge is 0.00484 e. The van der Waals surface area contributed by atoms with Gasteiger partial charge in [0.15, 0.2) is 0 Å². The first-order valence-electron chi connectivity index (χ1n) is 4.91. The van der Waals surface area contributed by atoms with Gasteiger partial charge in [0.1, 0.15) is 0 Å². The van der Waals surface area contributed by atoms with E-state index in [1.807, 2.05) is 0 Å². The van der Waals surface area contributed by atoms with E-state index in [1.54, 1.807) is 0 Å². The number of nitrogens with one attached hydrogen (secondary N) is 2. The van der Waals surface area contributed by atoms with Crippen LogP contribution in [0.3, 0.4) is 0 Å². The predicted octanol–water partition coefficient (Wildman–Crippen LogP) is 1.13. The monoisotopic (exact) mass is 156 g/mol. The van der Waals surface area contributed by atoms with Crippen molar-refractivity contribution in [3.05, 3.63) is 0 Å². The molecule has 0 aromatic rings.